The first-order valence-corrected chi connectivity index (χ1v) is 10.2. The van der Waals surface area contributed by atoms with Gasteiger partial charge in [-0.05, 0) is 61.1 Å². The highest BCUT2D eigenvalue weighted by Gasteiger charge is 2.27. The van der Waals surface area contributed by atoms with E-state index in [2.05, 4.69) is 42.3 Å². The summed E-state index contributed by atoms with van der Waals surface area (Å²) in [6.07, 6.45) is 2.90. The Balaban J connectivity index is 1.88. The number of hydrogen-bond acceptors (Lipinski definition) is 4. The zero-order chi connectivity index (χ0) is 16.6. The van der Waals surface area contributed by atoms with Crippen molar-refractivity contribution in [1.82, 2.24) is 0 Å². The van der Waals surface area contributed by atoms with Gasteiger partial charge in [0.1, 0.15) is 0 Å². The van der Waals surface area contributed by atoms with Gasteiger partial charge in [-0.25, -0.2) is 13.6 Å². The molecular formula is C17H20N2O2S2. The number of nitrogens with zero attached hydrogens (tertiary/aromatic N) is 1. The van der Waals surface area contributed by atoms with Crippen LogP contribution < -0.4 is 10.0 Å². The van der Waals surface area contributed by atoms with Gasteiger partial charge in [0, 0.05) is 23.2 Å². The van der Waals surface area contributed by atoms with Gasteiger partial charge in [0.2, 0.25) is 10.0 Å². The number of sulfonamides is 1. The van der Waals surface area contributed by atoms with Crippen molar-refractivity contribution in [3.8, 4) is 0 Å². The number of nitrogens with two attached hydrogens (primary N) is 1. The van der Waals surface area contributed by atoms with Crippen LogP contribution in [0.2, 0.25) is 0 Å². The van der Waals surface area contributed by atoms with Crippen molar-refractivity contribution >= 4 is 27.5 Å². The van der Waals surface area contributed by atoms with Crippen LogP contribution in [0.15, 0.2) is 52.3 Å². The Kier molecular flexibility index (Phi) is 4.40. The summed E-state index contributed by atoms with van der Waals surface area (Å²) < 4.78 is 23.0. The molecule has 1 aliphatic heterocycles. The minimum Gasteiger partial charge on any atom is -0.364 e. The van der Waals surface area contributed by atoms with Crippen LogP contribution in [0.4, 0.5) is 5.69 Å². The number of fused-ring (bicyclic) bond motifs is 1. The molecule has 1 unspecified atom stereocenters. The Morgan fingerprint density at radius 2 is 1.91 bits per heavy atom. The third-order valence-corrected chi connectivity index (χ3v) is 5.90. The first-order valence-electron chi connectivity index (χ1n) is 7.44. The molecule has 0 aromatic heterocycles. The number of primary sulfonamides is 1. The molecule has 1 atom stereocenters. The fraction of sp³-hybridized carbons (Fsp3) is 0.294. The predicted octanol–water partition coefficient (Wildman–Crippen LogP) is 3.01. The number of rotatable bonds is 4. The van der Waals surface area contributed by atoms with Crippen LogP contribution in [0, 0.1) is 0 Å². The molecule has 0 amide bonds. The SMILES string of the molecule is CSc1ccc(CN2c3ccc(S(N)(=O)=O)cc3CC2C)cc1. The van der Waals surface area contributed by atoms with Gasteiger partial charge < -0.3 is 4.90 Å². The van der Waals surface area contributed by atoms with Crippen LogP contribution in [-0.2, 0) is 23.0 Å². The average Bonchev–Trinajstić information content (AvgIpc) is 2.82. The molecule has 122 valence electrons. The maximum Gasteiger partial charge on any atom is 0.238 e. The number of thioether (sulfide) groups is 1. The van der Waals surface area contributed by atoms with Crippen LogP contribution in [0.25, 0.3) is 0 Å². The van der Waals surface area contributed by atoms with Crippen LogP contribution in [0.1, 0.15) is 18.1 Å². The first-order chi connectivity index (χ1) is 10.9. The lowest BCUT2D eigenvalue weighted by Crippen LogP contribution is -2.28. The molecule has 0 aliphatic carbocycles. The molecule has 0 fully saturated rings. The minimum atomic E-state index is -3.65. The smallest absolute Gasteiger partial charge is 0.238 e. The third kappa shape index (κ3) is 3.39. The first kappa shape index (κ1) is 16.4. The van der Waals surface area contributed by atoms with Gasteiger partial charge in [0.15, 0.2) is 0 Å². The normalized spacial score (nSPS) is 17.3. The second-order valence-electron chi connectivity index (χ2n) is 5.86. The molecule has 6 heteroatoms. The lowest BCUT2D eigenvalue weighted by Gasteiger charge is -2.25. The molecule has 0 saturated heterocycles. The van der Waals surface area contributed by atoms with Crippen LogP contribution >= 0.6 is 11.8 Å². The van der Waals surface area contributed by atoms with Crippen LogP contribution in [0.3, 0.4) is 0 Å². The Morgan fingerprint density at radius 1 is 1.22 bits per heavy atom. The molecule has 0 bridgehead atoms. The molecule has 2 aromatic carbocycles. The van der Waals surface area contributed by atoms with Gasteiger partial charge in [-0.3, -0.25) is 0 Å². The summed E-state index contributed by atoms with van der Waals surface area (Å²) >= 11 is 1.73. The average molecular weight is 348 g/mol. The highest BCUT2D eigenvalue weighted by molar-refractivity contribution is 7.98. The molecular weight excluding hydrogens is 328 g/mol. The van der Waals surface area contributed by atoms with Gasteiger partial charge in [0.05, 0.1) is 4.90 Å². The molecule has 0 spiro atoms. The summed E-state index contributed by atoms with van der Waals surface area (Å²) in [4.78, 5) is 3.76. The Labute approximate surface area is 141 Å². The van der Waals surface area contributed by atoms with Gasteiger partial charge in [-0.1, -0.05) is 12.1 Å². The van der Waals surface area contributed by atoms with Crippen LogP contribution in [0.5, 0.6) is 0 Å². The fourth-order valence-electron chi connectivity index (χ4n) is 3.02. The van der Waals surface area contributed by atoms with Crippen molar-refractivity contribution < 1.29 is 8.42 Å². The summed E-state index contributed by atoms with van der Waals surface area (Å²) in [6, 6.07) is 14.1. The second kappa shape index (κ2) is 6.19. The van der Waals surface area contributed by atoms with Crippen molar-refractivity contribution in [2.24, 2.45) is 5.14 Å². The van der Waals surface area contributed by atoms with Crippen molar-refractivity contribution in [1.29, 1.82) is 0 Å². The van der Waals surface area contributed by atoms with E-state index in [1.807, 2.05) is 6.07 Å². The zero-order valence-electron chi connectivity index (χ0n) is 13.2. The second-order valence-corrected chi connectivity index (χ2v) is 8.31. The molecule has 2 aromatic rings. The van der Waals surface area contributed by atoms with Gasteiger partial charge in [0.25, 0.3) is 0 Å². The zero-order valence-corrected chi connectivity index (χ0v) is 14.8. The van der Waals surface area contributed by atoms with E-state index in [0.717, 1.165) is 24.2 Å². The van der Waals surface area contributed by atoms with Gasteiger partial charge in [-0.2, -0.15) is 0 Å². The van der Waals surface area contributed by atoms with E-state index in [1.54, 1.807) is 23.9 Å². The highest BCUT2D eigenvalue weighted by atomic mass is 32.2. The molecule has 0 saturated carbocycles. The monoisotopic (exact) mass is 348 g/mol. The van der Waals surface area contributed by atoms with Crippen molar-refractivity contribution in [2.75, 3.05) is 11.2 Å². The standard InChI is InChI=1S/C17H20N2O2S2/c1-12-9-14-10-16(23(18,20)21)7-8-17(14)19(12)11-13-3-5-15(22-2)6-4-13/h3-8,10,12H,9,11H2,1-2H3,(H2,18,20,21). The summed E-state index contributed by atoms with van der Waals surface area (Å²) in [6.45, 7) is 2.98. The number of benzene rings is 2. The minimum absolute atomic E-state index is 0.189. The van der Waals surface area contributed by atoms with Crippen molar-refractivity contribution in [2.45, 2.75) is 35.7 Å². The summed E-state index contributed by atoms with van der Waals surface area (Å²) in [5.41, 5.74) is 3.39. The predicted molar refractivity (Wildman–Crippen MR) is 95.4 cm³/mol. The van der Waals surface area contributed by atoms with E-state index in [4.69, 9.17) is 5.14 Å². The summed E-state index contributed by atoms with van der Waals surface area (Å²) in [7, 11) is -3.65. The molecule has 0 radical (unpaired) electrons. The quantitative estimate of drug-likeness (QED) is 0.863. The summed E-state index contributed by atoms with van der Waals surface area (Å²) in [5.74, 6) is 0. The third-order valence-electron chi connectivity index (χ3n) is 4.25. The molecule has 23 heavy (non-hydrogen) atoms. The van der Waals surface area contributed by atoms with Gasteiger partial charge >= 0.3 is 0 Å². The largest absolute Gasteiger partial charge is 0.364 e. The van der Waals surface area contributed by atoms with Crippen molar-refractivity contribution in [3.63, 3.8) is 0 Å². The number of anilines is 1. The van der Waals surface area contributed by atoms with E-state index >= 15 is 0 Å². The van der Waals surface area contributed by atoms with E-state index in [-0.39, 0.29) is 4.90 Å². The maximum atomic E-state index is 11.5. The Bertz CT molecular complexity index is 817. The topological polar surface area (TPSA) is 63.4 Å². The number of hydrogen-bond donors (Lipinski definition) is 1. The van der Waals surface area contributed by atoms with Crippen LogP contribution in [-0.4, -0.2) is 20.7 Å². The highest BCUT2D eigenvalue weighted by Crippen LogP contribution is 2.34. The van der Waals surface area contributed by atoms with Gasteiger partial charge in [-0.15, -0.1) is 11.8 Å². The van der Waals surface area contributed by atoms with E-state index in [0.29, 0.717) is 6.04 Å². The Hall–Kier alpha value is -1.50. The summed E-state index contributed by atoms with van der Waals surface area (Å²) in [5, 5.41) is 5.23. The Morgan fingerprint density at radius 3 is 2.52 bits per heavy atom. The molecule has 2 N–H and O–H groups in total. The van der Waals surface area contributed by atoms with Crippen molar-refractivity contribution in [3.05, 3.63) is 53.6 Å². The maximum absolute atomic E-state index is 11.5. The lowest BCUT2D eigenvalue weighted by molar-refractivity contribution is 0.597. The molecule has 4 nitrogen and oxygen atoms in total. The van der Waals surface area contributed by atoms with E-state index < -0.39 is 10.0 Å². The lowest BCUT2D eigenvalue weighted by atomic mass is 10.1. The van der Waals surface area contributed by atoms with E-state index in [1.165, 1.54) is 10.5 Å². The van der Waals surface area contributed by atoms with E-state index in [9.17, 15) is 8.42 Å². The molecule has 3 rings (SSSR count). The molecule has 1 heterocycles. The molecule has 1 aliphatic rings. The fourth-order valence-corrected chi connectivity index (χ4v) is 3.99.